The molecule has 19 heavy (non-hydrogen) atoms. The zero-order valence-corrected chi connectivity index (χ0v) is 12.0. The van der Waals surface area contributed by atoms with Crippen LogP contribution in [0.2, 0.25) is 0 Å². The second-order valence-corrected chi connectivity index (χ2v) is 6.21. The molecular weight excluding hydrogens is 236 g/mol. The average molecular weight is 262 g/mol. The van der Waals surface area contributed by atoms with E-state index in [-0.39, 0.29) is 0 Å². The van der Waals surface area contributed by atoms with Gasteiger partial charge in [0.05, 0.1) is 0 Å². The van der Waals surface area contributed by atoms with Crippen molar-refractivity contribution in [1.29, 1.82) is 0 Å². The van der Waals surface area contributed by atoms with Crippen LogP contribution < -0.4 is 5.32 Å². The maximum absolute atomic E-state index is 4.54. The summed E-state index contributed by atoms with van der Waals surface area (Å²) in [7, 11) is 2.12. The van der Waals surface area contributed by atoms with E-state index in [1.165, 1.54) is 64.2 Å². The number of nitrogens with one attached hydrogen (secondary N) is 1. The highest BCUT2D eigenvalue weighted by molar-refractivity contribution is 5.02. The van der Waals surface area contributed by atoms with Gasteiger partial charge < -0.3 is 14.8 Å². The summed E-state index contributed by atoms with van der Waals surface area (Å²) in [5, 5.41) is 3.53. The summed E-state index contributed by atoms with van der Waals surface area (Å²) < 4.78 is 2.19. The lowest BCUT2D eigenvalue weighted by molar-refractivity contribution is 0.162. The quantitative estimate of drug-likeness (QED) is 0.898. The van der Waals surface area contributed by atoms with Crippen LogP contribution in [-0.4, -0.2) is 47.2 Å². The zero-order valence-electron chi connectivity index (χ0n) is 12.0. The Morgan fingerprint density at radius 2 is 2.32 bits per heavy atom. The third-order valence-electron chi connectivity index (χ3n) is 4.64. The van der Waals surface area contributed by atoms with Crippen LogP contribution in [0.25, 0.3) is 0 Å². The third kappa shape index (κ3) is 3.18. The largest absolute Gasteiger partial charge is 0.338 e. The highest BCUT2D eigenvalue weighted by Gasteiger charge is 2.26. The first-order valence-corrected chi connectivity index (χ1v) is 7.73. The Bertz CT molecular complexity index is 395. The van der Waals surface area contributed by atoms with Gasteiger partial charge in [-0.1, -0.05) is 0 Å². The van der Waals surface area contributed by atoms with Gasteiger partial charge >= 0.3 is 0 Å². The van der Waals surface area contributed by atoms with Crippen molar-refractivity contribution in [2.24, 2.45) is 13.0 Å². The molecule has 0 saturated carbocycles. The molecule has 106 valence electrons. The van der Waals surface area contributed by atoms with Gasteiger partial charge in [0.15, 0.2) is 0 Å². The molecule has 0 aliphatic carbocycles. The Balaban J connectivity index is 1.57. The summed E-state index contributed by atoms with van der Waals surface area (Å²) >= 11 is 0. The average Bonchev–Trinajstić information content (AvgIpc) is 2.86. The molecule has 1 N–H and O–H groups in total. The van der Waals surface area contributed by atoms with E-state index >= 15 is 0 Å². The predicted octanol–water partition coefficient (Wildman–Crippen LogP) is 1.60. The second-order valence-electron chi connectivity index (χ2n) is 6.21. The predicted molar refractivity (Wildman–Crippen MR) is 77.2 cm³/mol. The molecule has 3 heterocycles. The molecular formula is C15H26N4. The molecule has 2 saturated heterocycles. The molecule has 1 aromatic rings. The van der Waals surface area contributed by atoms with E-state index in [2.05, 4.69) is 33.0 Å². The number of rotatable bonds is 3. The summed E-state index contributed by atoms with van der Waals surface area (Å²) in [5.41, 5.74) is 0. The van der Waals surface area contributed by atoms with Crippen LogP contribution in [0.5, 0.6) is 0 Å². The Morgan fingerprint density at radius 1 is 1.37 bits per heavy atom. The standard InChI is InChI=1S/C15H26N4/c1-18-9-7-17-15(18)14-5-3-8-19(12-14)11-13-4-2-6-16-10-13/h7,9,13-14,16H,2-6,8,10-12H2,1H3. The highest BCUT2D eigenvalue weighted by Crippen LogP contribution is 2.26. The molecule has 2 fully saturated rings. The summed E-state index contributed by atoms with van der Waals surface area (Å²) in [4.78, 5) is 7.21. The minimum atomic E-state index is 0.630. The van der Waals surface area contributed by atoms with E-state index in [9.17, 15) is 0 Å². The maximum atomic E-state index is 4.54. The van der Waals surface area contributed by atoms with Crippen molar-refractivity contribution in [3.63, 3.8) is 0 Å². The lowest BCUT2D eigenvalue weighted by atomic mass is 9.94. The van der Waals surface area contributed by atoms with Gasteiger partial charge in [0.1, 0.15) is 5.82 Å². The van der Waals surface area contributed by atoms with Crippen molar-refractivity contribution in [3.05, 3.63) is 18.2 Å². The fraction of sp³-hybridized carbons (Fsp3) is 0.800. The Hall–Kier alpha value is -0.870. The Labute approximate surface area is 116 Å². The van der Waals surface area contributed by atoms with Crippen LogP contribution in [0.4, 0.5) is 0 Å². The summed E-state index contributed by atoms with van der Waals surface area (Å²) in [6.07, 6.45) is 9.36. The summed E-state index contributed by atoms with van der Waals surface area (Å²) in [6.45, 7) is 6.17. The van der Waals surface area contributed by atoms with Crippen LogP contribution in [0.1, 0.15) is 37.4 Å². The van der Waals surface area contributed by atoms with E-state index in [1.54, 1.807) is 0 Å². The molecule has 4 nitrogen and oxygen atoms in total. The van der Waals surface area contributed by atoms with Gasteiger partial charge in [0.2, 0.25) is 0 Å². The van der Waals surface area contributed by atoms with Crippen molar-refractivity contribution in [2.75, 3.05) is 32.7 Å². The van der Waals surface area contributed by atoms with Gasteiger partial charge in [-0.3, -0.25) is 0 Å². The monoisotopic (exact) mass is 262 g/mol. The number of nitrogens with zero attached hydrogens (tertiary/aromatic N) is 3. The lowest BCUT2D eigenvalue weighted by Gasteiger charge is -2.35. The van der Waals surface area contributed by atoms with Crippen LogP contribution in [0.3, 0.4) is 0 Å². The molecule has 2 atom stereocenters. The van der Waals surface area contributed by atoms with Gasteiger partial charge in [-0.2, -0.15) is 0 Å². The number of piperidine rings is 2. The topological polar surface area (TPSA) is 33.1 Å². The van der Waals surface area contributed by atoms with Crippen molar-refractivity contribution < 1.29 is 0 Å². The normalized spacial score (nSPS) is 29.5. The lowest BCUT2D eigenvalue weighted by Crippen LogP contribution is -2.42. The molecule has 0 bridgehead atoms. The first-order valence-electron chi connectivity index (χ1n) is 7.73. The second kappa shape index (κ2) is 6.06. The highest BCUT2D eigenvalue weighted by atomic mass is 15.2. The Morgan fingerprint density at radius 3 is 3.05 bits per heavy atom. The van der Waals surface area contributed by atoms with E-state index in [0.29, 0.717) is 5.92 Å². The van der Waals surface area contributed by atoms with Crippen LogP contribution >= 0.6 is 0 Å². The van der Waals surface area contributed by atoms with E-state index in [0.717, 1.165) is 5.92 Å². The van der Waals surface area contributed by atoms with Crippen molar-refractivity contribution >= 4 is 0 Å². The number of imidazole rings is 1. The smallest absolute Gasteiger partial charge is 0.112 e. The fourth-order valence-corrected chi connectivity index (χ4v) is 3.65. The third-order valence-corrected chi connectivity index (χ3v) is 4.64. The number of likely N-dealkylation sites (tertiary alicyclic amines) is 1. The van der Waals surface area contributed by atoms with E-state index < -0.39 is 0 Å². The maximum Gasteiger partial charge on any atom is 0.112 e. The first-order chi connectivity index (χ1) is 9.33. The van der Waals surface area contributed by atoms with Gasteiger partial charge in [-0.25, -0.2) is 4.98 Å². The van der Waals surface area contributed by atoms with Gasteiger partial charge in [0, 0.05) is 38.4 Å². The van der Waals surface area contributed by atoms with Crippen molar-refractivity contribution in [1.82, 2.24) is 19.8 Å². The van der Waals surface area contributed by atoms with E-state index in [1.807, 2.05) is 6.20 Å². The zero-order chi connectivity index (χ0) is 13.1. The number of aromatic nitrogens is 2. The van der Waals surface area contributed by atoms with Crippen LogP contribution in [0, 0.1) is 5.92 Å². The first kappa shape index (κ1) is 13.1. The number of hydrogen-bond acceptors (Lipinski definition) is 3. The molecule has 2 aliphatic heterocycles. The SMILES string of the molecule is Cn1ccnc1C1CCCN(CC2CCCNC2)C1. The summed E-state index contributed by atoms with van der Waals surface area (Å²) in [5.74, 6) is 2.76. The number of hydrogen-bond donors (Lipinski definition) is 1. The minimum absolute atomic E-state index is 0.630. The van der Waals surface area contributed by atoms with Crippen LogP contribution in [0.15, 0.2) is 12.4 Å². The summed E-state index contributed by atoms with van der Waals surface area (Å²) in [6, 6.07) is 0. The molecule has 0 spiro atoms. The molecule has 3 rings (SSSR count). The molecule has 0 amide bonds. The molecule has 2 aliphatic rings. The Kier molecular flexibility index (Phi) is 4.18. The molecule has 1 aromatic heterocycles. The van der Waals surface area contributed by atoms with Crippen LogP contribution in [-0.2, 0) is 7.05 Å². The molecule has 0 aromatic carbocycles. The molecule has 0 radical (unpaired) electrons. The van der Waals surface area contributed by atoms with Gasteiger partial charge in [-0.05, 0) is 51.2 Å². The van der Waals surface area contributed by atoms with Crippen molar-refractivity contribution in [3.8, 4) is 0 Å². The number of aryl methyl sites for hydroxylation is 1. The molecule has 2 unspecified atom stereocenters. The van der Waals surface area contributed by atoms with Gasteiger partial charge in [0.25, 0.3) is 0 Å². The van der Waals surface area contributed by atoms with E-state index in [4.69, 9.17) is 0 Å². The van der Waals surface area contributed by atoms with Gasteiger partial charge in [-0.15, -0.1) is 0 Å². The van der Waals surface area contributed by atoms with Crippen molar-refractivity contribution in [2.45, 2.75) is 31.6 Å². The fourth-order valence-electron chi connectivity index (χ4n) is 3.65. The molecule has 4 heteroatoms. The minimum Gasteiger partial charge on any atom is -0.338 e.